The lowest BCUT2D eigenvalue weighted by Crippen LogP contribution is -2.10. The van der Waals surface area contributed by atoms with E-state index in [4.69, 9.17) is 5.73 Å². The van der Waals surface area contributed by atoms with Crippen molar-refractivity contribution in [3.63, 3.8) is 0 Å². The molecule has 14 heavy (non-hydrogen) atoms. The molecule has 0 aliphatic carbocycles. The van der Waals surface area contributed by atoms with Gasteiger partial charge in [0, 0.05) is 6.20 Å². The number of nitrogens with two attached hydrogens (primary N) is 1. The van der Waals surface area contributed by atoms with Gasteiger partial charge in [0.15, 0.2) is 5.65 Å². The molecule has 6 heteroatoms. The molecule has 0 aromatic carbocycles. The molecule has 0 saturated carbocycles. The second kappa shape index (κ2) is 3.21. The van der Waals surface area contributed by atoms with Crippen LogP contribution in [0.2, 0.25) is 0 Å². The Bertz CT molecular complexity index is 452. The van der Waals surface area contributed by atoms with Gasteiger partial charge in [-0.2, -0.15) is 0 Å². The Morgan fingerprint density at radius 1 is 1.50 bits per heavy atom. The number of imidazole rings is 1. The van der Waals surface area contributed by atoms with E-state index in [0.29, 0.717) is 11.2 Å². The molecule has 0 bridgehead atoms. The van der Waals surface area contributed by atoms with E-state index in [-0.39, 0.29) is 5.95 Å². The first-order valence-electron chi connectivity index (χ1n) is 4.03. The number of nitrogens with zero attached hydrogens (tertiary/aromatic N) is 3. The number of halogens is 2. The fraction of sp³-hybridized carbons (Fsp3) is 0.250. The van der Waals surface area contributed by atoms with Crippen molar-refractivity contribution < 1.29 is 8.78 Å². The van der Waals surface area contributed by atoms with Crippen LogP contribution < -0.4 is 5.73 Å². The van der Waals surface area contributed by atoms with E-state index in [2.05, 4.69) is 9.97 Å². The summed E-state index contributed by atoms with van der Waals surface area (Å²) in [5.41, 5.74) is 6.41. The zero-order valence-corrected chi connectivity index (χ0v) is 7.19. The molecule has 0 fully saturated rings. The van der Waals surface area contributed by atoms with Crippen molar-refractivity contribution in [1.82, 2.24) is 14.5 Å². The second-order valence-electron chi connectivity index (χ2n) is 2.82. The molecular weight excluding hydrogens is 190 g/mol. The SMILES string of the molecule is Nc1nc2cccnc2n1CC(F)F. The lowest BCUT2D eigenvalue weighted by molar-refractivity contribution is 0.128. The molecule has 2 rings (SSSR count). The smallest absolute Gasteiger partial charge is 0.256 e. The number of pyridine rings is 1. The van der Waals surface area contributed by atoms with E-state index in [1.807, 2.05) is 0 Å². The van der Waals surface area contributed by atoms with Crippen molar-refractivity contribution in [2.45, 2.75) is 13.0 Å². The van der Waals surface area contributed by atoms with E-state index in [0.717, 1.165) is 0 Å². The third-order valence-corrected chi connectivity index (χ3v) is 1.85. The highest BCUT2D eigenvalue weighted by molar-refractivity contribution is 5.73. The minimum absolute atomic E-state index is 0.0685. The number of fused-ring (bicyclic) bond motifs is 1. The summed E-state index contributed by atoms with van der Waals surface area (Å²) < 4.78 is 25.6. The predicted molar refractivity (Wildman–Crippen MR) is 47.9 cm³/mol. The second-order valence-corrected chi connectivity index (χ2v) is 2.82. The predicted octanol–water partition coefficient (Wildman–Crippen LogP) is 1.28. The van der Waals surface area contributed by atoms with E-state index in [9.17, 15) is 8.78 Å². The maximum absolute atomic E-state index is 12.2. The Balaban J connectivity index is 2.56. The van der Waals surface area contributed by atoms with Crippen molar-refractivity contribution in [3.05, 3.63) is 18.3 Å². The molecule has 4 nitrogen and oxygen atoms in total. The van der Waals surface area contributed by atoms with Crippen LogP contribution in [0, 0.1) is 0 Å². The zero-order valence-electron chi connectivity index (χ0n) is 7.19. The van der Waals surface area contributed by atoms with E-state index in [1.165, 1.54) is 10.8 Å². The molecule has 0 atom stereocenters. The number of hydrogen-bond acceptors (Lipinski definition) is 3. The molecule has 2 N–H and O–H groups in total. The minimum atomic E-state index is -2.46. The summed E-state index contributed by atoms with van der Waals surface area (Å²) in [6, 6.07) is 3.36. The van der Waals surface area contributed by atoms with Gasteiger partial charge in [0.05, 0.1) is 6.54 Å². The van der Waals surface area contributed by atoms with E-state index in [1.54, 1.807) is 12.1 Å². The van der Waals surface area contributed by atoms with Gasteiger partial charge in [-0.1, -0.05) is 0 Å². The van der Waals surface area contributed by atoms with Crippen molar-refractivity contribution in [2.75, 3.05) is 5.73 Å². The largest absolute Gasteiger partial charge is 0.369 e. The summed E-state index contributed by atoms with van der Waals surface area (Å²) in [4.78, 5) is 7.85. The Morgan fingerprint density at radius 3 is 3.00 bits per heavy atom. The van der Waals surface area contributed by atoms with Crippen LogP contribution in [-0.2, 0) is 6.54 Å². The van der Waals surface area contributed by atoms with Crippen molar-refractivity contribution in [2.24, 2.45) is 0 Å². The summed E-state index contributed by atoms with van der Waals surface area (Å²) in [5.74, 6) is 0.0685. The Labute approximate surface area is 78.4 Å². The first-order chi connectivity index (χ1) is 6.68. The van der Waals surface area contributed by atoms with E-state index >= 15 is 0 Å². The zero-order chi connectivity index (χ0) is 10.1. The van der Waals surface area contributed by atoms with Crippen LogP contribution in [0.3, 0.4) is 0 Å². The molecule has 0 radical (unpaired) electrons. The average molecular weight is 198 g/mol. The highest BCUT2D eigenvalue weighted by Gasteiger charge is 2.12. The monoisotopic (exact) mass is 198 g/mol. The average Bonchev–Trinajstić information content (AvgIpc) is 2.43. The summed E-state index contributed by atoms with van der Waals surface area (Å²) in [6.07, 6.45) is -0.942. The number of aromatic nitrogens is 3. The molecule has 0 saturated heterocycles. The molecule has 2 aromatic heterocycles. The van der Waals surface area contributed by atoms with Gasteiger partial charge in [0.25, 0.3) is 6.43 Å². The molecule has 0 amide bonds. The van der Waals surface area contributed by atoms with Gasteiger partial charge < -0.3 is 5.73 Å². The third kappa shape index (κ3) is 1.39. The molecule has 0 aliphatic rings. The Kier molecular flexibility index (Phi) is 2.03. The van der Waals surface area contributed by atoms with Crippen LogP contribution in [0.5, 0.6) is 0 Å². The highest BCUT2D eigenvalue weighted by Crippen LogP contribution is 2.16. The minimum Gasteiger partial charge on any atom is -0.369 e. The third-order valence-electron chi connectivity index (χ3n) is 1.85. The van der Waals surface area contributed by atoms with Crippen LogP contribution in [0.25, 0.3) is 11.2 Å². The van der Waals surface area contributed by atoms with Gasteiger partial charge in [0.1, 0.15) is 5.52 Å². The maximum Gasteiger partial charge on any atom is 0.256 e. The van der Waals surface area contributed by atoms with Gasteiger partial charge in [0.2, 0.25) is 5.95 Å². The number of anilines is 1. The summed E-state index contributed by atoms with van der Waals surface area (Å²) in [6.45, 7) is -0.473. The molecule has 2 heterocycles. The molecule has 0 unspecified atom stereocenters. The van der Waals surface area contributed by atoms with Crippen molar-refractivity contribution in [1.29, 1.82) is 0 Å². The lowest BCUT2D eigenvalue weighted by Gasteiger charge is -2.03. The fourth-order valence-corrected chi connectivity index (χ4v) is 1.29. The Hall–Kier alpha value is -1.72. The number of nitrogen functional groups attached to an aromatic ring is 1. The maximum atomic E-state index is 12.2. The lowest BCUT2D eigenvalue weighted by atomic mass is 10.4. The van der Waals surface area contributed by atoms with Gasteiger partial charge in [-0.15, -0.1) is 0 Å². The fourth-order valence-electron chi connectivity index (χ4n) is 1.29. The van der Waals surface area contributed by atoms with Crippen molar-refractivity contribution in [3.8, 4) is 0 Å². The molecule has 0 spiro atoms. The molecular formula is C8H8F2N4. The first-order valence-corrected chi connectivity index (χ1v) is 4.03. The summed E-state index contributed by atoms with van der Waals surface area (Å²) >= 11 is 0. The Morgan fingerprint density at radius 2 is 2.29 bits per heavy atom. The van der Waals surface area contributed by atoms with Crippen LogP contribution >= 0.6 is 0 Å². The van der Waals surface area contributed by atoms with Crippen molar-refractivity contribution >= 4 is 17.1 Å². The van der Waals surface area contributed by atoms with Gasteiger partial charge in [-0.25, -0.2) is 18.7 Å². The van der Waals surface area contributed by atoms with Crippen LogP contribution in [0.4, 0.5) is 14.7 Å². The number of rotatable bonds is 2. The van der Waals surface area contributed by atoms with Gasteiger partial charge in [-0.05, 0) is 12.1 Å². The summed E-state index contributed by atoms with van der Waals surface area (Å²) in [7, 11) is 0. The quantitative estimate of drug-likeness (QED) is 0.790. The molecule has 0 aliphatic heterocycles. The standard InChI is InChI=1S/C8H8F2N4/c9-6(10)4-14-7-5(13-8(14)11)2-1-3-12-7/h1-3,6H,4H2,(H2,11,13). The van der Waals surface area contributed by atoms with Crippen LogP contribution in [0.15, 0.2) is 18.3 Å². The first kappa shape index (κ1) is 8.86. The molecule has 2 aromatic rings. The highest BCUT2D eigenvalue weighted by atomic mass is 19.3. The van der Waals surface area contributed by atoms with Crippen LogP contribution in [-0.4, -0.2) is 21.0 Å². The number of hydrogen-bond donors (Lipinski definition) is 1. The van der Waals surface area contributed by atoms with Crippen LogP contribution in [0.1, 0.15) is 0 Å². The topological polar surface area (TPSA) is 56.7 Å². The normalized spacial score (nSPS) is 11.4. The summed E-state index contributed by atoms with van der Waals surface area (Å²) in [5, 5.41) is 0. The van der Waals surface area contributed by atoms with Gasteiger partial charge >= 0.3 is 0 Å². The van der Waals surface area contributed by atoms with E-state index < -0.39 is 13.0 Å². The van der Waals surface area contributed by atoms with Gasteiger partial charge in [-0.3, -0.25) is 4.57 Å². The molecule has 74 valence electrons. The number of alkyl halides is 2.